The highest BCUT2D eigenvalue weighted by atomic mass is 32.2. The number of hydrogen-bond acceptors (Lipinski definition) is 4. The molecule has 1 unspecified atom stereocenters. The number of carbonyl (C=O) groups is 1. The summed E-state index contributed by atoms with van der Waals surface area (Å²) in [4.78, 5) is 14.0. The molecule has 5 nitrogen and oxygen atoms in total. The van der Waals surface area contributed by atoms with Gasteiger partial charge in [0.15, 0.2) is 9.84 Å². The zero-order valence-electron chi connectivity index (χ0n) is 11.0. The first kappa shape index (κ1) is 14.5. The lowest BCUT2D eigenvalue weighted by Crippen LogP contribution is -2.37. The van der Waals surface area contributed by atoms with Gasteiger partial charge in [-0.3, -0.25) is 4.79 Å². The van der Waals surface area contributed by atoms with E-state index in [9.17, 15) is 13.2 Å². The van der Waals surface area contributed by atoms with E-state index in [1.807, 2.05) is 24.3 Å². The number of benzene rings is 1. The van der Waals surface area contributed by atoms with Gasteiger partial charge in [0.2, 0.25) is 5.91 Å². The lowest BCUT2D eigenvalue weighted by molar-refractivity contribution is -0.121. The molecule has 2 rings (SSSR count). The summed E-state index contributed by atoms with van der Waals surface area (Å²) >= 11 is 0. The van der Waals surface area contributed by atoms with Crippen LogP contribution in [-0.2, 0) is 14.6 Å². The molecule has 1 atom stereocenters. The SMILES string of the molecule is N#CCCN(C(=O)C1CCS(=O)(=O)C1)c1ccccc1. The Morgan fingerprint density at radius 3 is 2.60 bits per heavy atom. The first-order valence-corrected chi connectivity index (χ1v) is 8.29. The van der Waals surface area contributed by atoms with Gasteiger partial charge in [-0.05, 0) is 18.6 Å². The van der Waals surface area contributed by atoms with Crippen LogP contribution < -0.4 is 4.90 Å². The second-order valence-corrected chi connectivity index (χ2v) is 7.06. The third-order valence-corrected chi connectivity index (χ3v) is 5.13. The normalized spacial score (nSPS) is 20.2. The molecule has 1 aromatic rings. The number of rotatable bonds is 4. The molecule has 6 heteroatoms. The minimum atomic E-state index is -3.09. The standard InChI is InChI=1S/C14H16N2O3S/c15-8-4-9-16(13-5-2-1-3-6-13)14(17)12-7-10-20(18,19)11-12/h1-3,5-6,12H,4,7,9-11H2. The Balaban J connectivity index is 2.19. The van der Waals surface area contributed by atoms with Gasteiger partial charge in [-0.1, -0.05) is 18.2 Å². The van der Waals surface area contributed by atoms with Crippen LogP contribution in [-0.4, -0.2) is 32.4 Å². The minimum absolute atomic E-state index is 0.0737. The van der Waals surface area contributed by atoms with Gasteiger partial charge in [-0.15, -0.1) is 0 Å². The smallest absolute Gasteiger partial charge is 0.231 e. The highest BCUT2D eigenvalue weighted by molar-refractivity contribution is 7.91. The fraction of sp³-hybridized carbons (Fsp3) is 0.429. The highest BCUT2D eigenvalue weighted by Gasteiger charge is 2.35. The zero-order chi connectivity index (χ0) is 14.6. The molecule has 0 saturated carbocycles. The van der Waals surface area contributed by atoms with E-state index in [1.165, 1.54) is 4.90 Å². The van der Waals surface area contributed by atoms with Crippen molar-refractivity contribution in [3.05, 3.63) is 30.3 Å². The van der Waals surface area contributed by atoms with Crippen LogP contribution in [0.2, 0.25) is 0 Å². The van der Waals surface area contributed by atoms with Gasteiger partial charge in [0.05, 0.1) is 29.9 Å². The number of sulfone groups is 1. The molecule has 0 radical (unpaired) electrons. The van der Waals surface area contributed by atoms with Crippen LogP contribution in [0.25, 0.3) is 0 Å². The Kier molecular flexibility index (Phi) is 4.40. The molecule has 1 aliphatic rings. The summed E-state index contributed by atoms with van der Waals surface area (Å²) in [6, 6.07) is 11.1. The first-order chi connectivity index (χ1) is 9.53. The Bertz CT molecular complexity index is 620. The zero-order valence-corrected chi connectivity index (χ0v) is 11.8. The third kappa shape index (κ3) is 3.36. The number of nitrogens with zero attached hydrogens (tertiary/aromatic N) is 2. The van der Waals surface area contributed by atoms with Gasteiger partial charge >= 0.3 is 0 Å². The third-order valence-electron chi connectivity index (χ3n) is 3.36. The maximum absolute atomic E-state index is 12.5. The summed E-state index contributed by atoms with van der Waals surface area (Å²) in [5.41, 5.74) is 0.706. The van der Waals surface area contributed by atoms with Crippen molar-refractivity contribution in [3.63, 3.8) is 0 Å². The maximum atomic E-state index is 12.5. The highest BCUT2D eigenvalue weighted by Crippen LogP contribution is 2.24. The molecule has 0 N–H and O–H groups in total. The summed E-state index contributed by atoms with van der Waals surface area (Å²) in [5, 5.41) is 8.71. The second-order valence-electron chi connectivity index (χ2n) is 4.83. The van der Waals surface area contributed by atoms with Gasteiger partial charge in [-0.2, -0.15) is 5.26 Å². The first-order valence-electron chi connectivity index (χ1n) is 6.47. The summed E-state index contributed by atoms with van der Waals surface area (Å²) < 4.78 is 23.0. The lowest BCUT2D eigenvalue weighted by atomic mass is 10.1. The van der Waals surface area contributed by atoms with E-state index in [4.69, 9.17) is 5.26 Å². The van der Waals surface area contributed by atoms with Crippen LogP contribution >= 0.6 is 0 Å². The Labute approximate surface area is 118 Å². The maximum Gasteiger partial charge on any atom is 0.231 e. The monoisotopic (exact) mass is 292 g/mol. The summed E-state index contributed by atoms with van der Waals surface area (Å²) in [5.74, 6) is -0.696. The van der Waals surface area contributed by atoms with E-state index >= 15 is 0 Å². The Morgan fingerprint density at radius 1 is 1.35 bits per heavy atom. The molecule has 1 saturated heterocycles. The van der Waals surface area contributed by atoms with Gasteiger partial charge < -0.3 is 4.90 Å². The van der Waals surface area contributed by atoms with E-state index in [0.717, 1.165) is 0 Å². The van der Waals surface area contributed by atoms with Crippen molar-refractivity contribution >= 4 is 21.4 Å². The summed E-state index contributed by atoms with van der Waals surface area (Å²) in [7, 11) is -3.09. The van der Waals surface area contributed by atoms with Gasteiger partial charge in [0.1, 0.15) is 0 Å². The van der Waals surface area contributed by atoms with Gasteiger partial charge in [0.25, 0.3) is 0 Å². The van der Waals surface area contributed by atoms with Crippen molar-refractivity contribution in [2.75, 3.05) is 23.0 Å². The fourth-order valence-corrected chi connectivity index (χ4v) is 4.08. The topological polar surface area (TPSA) is 78.2 Å². The molecule has 1 amide bonds. The molecule has 1 aromatic carbocycles. The molecular formula is C14H16N2O3S. The minimum Gasteiger partial charge on any atom is -0.311 e. The van der Waals surface area contributed by atoms with Crippen LogP contribution in [0.3, 0.4) is 0 Å². The van der Waals surface area contributed by atoms with Crippen LogP contribution in [0.1, 0.15) is 12.8 Å². The molecule has 106 valence electrons. The lowest BCUT2D eigenvalue weighted by Gasteiger charge is -2.24. The molecular weight excluding hydrogens is 276 g/mol. The molecule has 1 aliphatic heterocycles. The molecule has 1 heterocycles. The second kappa shape index (κ2) is 6.06. The average molecular weight is 292 g/mol. The molecule has 0 spiro atoms. The van der Waals surface area contributed by atoms with E-state index in [1.54, 1.807) is 12.1 Å². The summed E-state index contributed by atoms with van der Waals surface area (Å²) in [6.45, 7) is 0.288. The van der Waals surface area contributed by atoms with Crippen molar-refractivity contribution in [3.8, 4) is 6.07 Å². The number of anilines is 1. The van der Waals surface area contributed by atoms with E-state index in [-0.39, 0.29) is 30.4 Å². The van der Waals surface area contributed by atoms with Crippen molar-refractivity contribution < 1.29 is 13.2 Å². The molecule has 20 heavy (non-hydrogen) atoms. The van der Waals surface area contributed by atoms with Crippen molar-refractivity contribution in [1.29, 1.82) is 5.26 Å². The fourth-order valence-electron chi connectivity index (χ4n) is 2.35. The van der Waals surface area contributed by atoms with Crippen molar-refractivity contribution in [1.82, 2.24) is 0 Å². The van der Waals surface area contributed by atoms with Crippen molar-refractivity contribution in [2.24, 2.45) is 5.92 Å². The van der Waals surface area contributed by atoms with E-state index in [0.29, 0.717) is 12.1 Å². The number of carbonyl (C=O) groups excluding carboxylic acids is 1. The van der Waals surface area contributed by atoms with Crippen LogP contribution in [0.5, 0.6) is 0 Å². The molecule has 1 fully saturated rings. The van der Waals surface area contributed by atoms with Crippen LogP contribution in [0, 0.1) is 17.2 Å². The number of para-hydroxylation sites is 1. The predicted octanol–water partition coefficient (Wildman–Crippen LogP) is 1.37. The largest absolute Gasteiger partial charge is 0.311 e. The molecule has 0 aromatic heterocycles. The van der Waals surface area contributed by atoms with Gasteiger partial charge in [-0.25, -0.2) is 8.42 Å². The number of hydrogen-bond donors (Lipinski definition) is 0. The van der Waals surface area contributed by atoms with Crippen LogP contribution in [0.15, 0.2) is 30.3 Å². The van der Waals surface area contributed by atoms with Gasteiger partial charge in [0, 0.05) is 12.2 Å². The van der Waals surface area contributed by atoms with E-state index < -0.39 is 15.8 Å². The summed E-state index contributed by atoms with van der Waals surface area (Å²) in [6.07, 6.45) is 0.594. The molecule has 0 aliphatic carbocycles. The number of amides is 1. The molecule has 0 bridgehead atoms. The Hall–Kier alpha value is -1.87. The number of nitriles is 1. The van der Waals surface area contributed by atoms with Crippen molar-refractivity contribution in [2.45, 2.75) is 12.8 Å². The quantitative estimate of drug-likeness (QED) is 0.839. The van der Waals surface area contributed by atoms with E-state index in [2.05, 4.69) is 0 Å². The average Bonchev–Trinajstić information content (AvgIpc) is 2.80. The van der Waals surface area contributed by atoms with Crippen LogP contribution in [0.4, 0.5) is 5.69 Å². The predicted molar refractivity (Wildman–Crippen MR) is 75.8 cm³/mol. The Morgan fingerprint density at radius 2 is 2.05 bits per heavy atom.